The quantitative estimate of drug-likeness (QED) is 0.643. The molecule has 3 heteroatoms. The zero-order valence-electron chi connectivity index (χ0n) is 7.15. The largest absolute Gasteiger partial charge is 0.207 e. The number of halogens is 3. The monoisotopic (exact) mass is 202 g/mol. The molecule has 0 spiro atoms. The van der Waals surface area contributed by atoms with Crippen LogP contribution in [0.3, 0.4) is 0 Å². The van der Waals surface area contributed by atoms with Gasteiger partial charge in [0.15, 0.2) is 0 Å². The van der Waals surface area contributed by atoms with Crippen LogP contribution < -0.4 is 0 Å². The van der Waals surface area contributed by atoms with Gasteiger partial charge in [0.2, 0.25) is 0 Å². The van der Waals surface area contributed by atoms with Crippen LogP contribution in [0, 0.1) is 11.6 Å². The summed E-state index contributed by atoms with van der Waals surface area (Å²) in [5, 5.41) is 0. The molecule has 1 aromatic carbocycles. The number of benzene rings is 1. The minimum Gasteiger partial charge on any atom is -0.207 e. The summed E-state index contributed by atoms with van der Waals surface area (Å²) in [5.41, 5.74) is 1.20. The molecule has 0 N–H and O–H groups in total. The van der Waals surface area contributed by atoms with Crippen LogP contribution in [0.15, 0.2) is 23.8 Å². The molecule has 0 aliphatic rings. The van der Waals surface area contributed by atoms with E-state index in [1.54, 1.807) is 13.0 Å². The first-order valence-corrected chi connectivity index (χ1v) is 4.35. The molecular weight excluding hydrogens is 194 g/mol. The summed E-state index contributed by atoms with van der Waals surface area (Å²) < 4.78 is 25.5. The van der Waals surface area contributed by atoms with Crippen molar-refractivity contribution in [3.63, 3.8) is 0 Å². The van der Waals surface area contributed by atoms with Crippen LogP contribution in [0.4, 0.5) is 8.78 Å². The fourth-order valence-electron chi connectivity index (χ4n) is 0.923. The molecule has 0 nitrogen and oxygen atoms in total. The fraction of sp³-hybridized carbons (Fsp3) is 0.200. The molecule has 0 saturated heterocycles. The van der Waals surface area contributed by atoms with E-state index in [9.17, 15) is 8.78 Å². The maximum Gasteiger partial charge on any atom is 0.133 e. The van der Waals surface area contributed by atoms with Gasteiger partial charge in [-0.15, -0.1) is 11.6 Å². The molecule has 0 aliphatic carbocycles. The van der Waals surface area contributed by atoms with E-state index in [1.165, 1.54) is 12.1 Å². The predicted octanol–water partition coefficient (Wildman–Crippen LogP) is 3.61. The topological polar surface area (TPSA) is 0 Å². The molecule has 0 fully saturated rings. The molecule has 0 bridgehead atoms. The first-order valence-electron chi connectivity index (χ1n) is 3.81. The molecule has 1 aromatic rings. The van der Waals surface area contributed by atoms with Crippen LogP contribution in [-0.2, 0) is 0 Å². The minimum atomic E-state index is -0.571. The SMILES string of the molecule is C/C(=C/c1ccc(F)cc1F)CCl. The number of hydrogen-bond acceptors (Lipinski definition) is 0. The molecule has 0 unspecified atom stereocenters. The summed E-state index contributed by atoms with van der Waals surface area (Å²) in [7, 11) is 0. The lowest BCUT2D eigenvalue weighted by Gasteiger charge is -1.98. The lowest BCUT2D eigenvalue weighted by Crippen LogP contribution is -1.86. The van der Waals surface area contributed by atoms with Crippen molar-refractivity contribution in [2.24, 2.45) is 0 Å². The van der Waals surface area contributed by atoms with E-state index in [4.69, 9.17) is 11.6 Å². The summed E-state index contributed by atoms with van der Waals surface area (Å²) >= 11 is 5.52. The third-order valence-electron chi connectivity index (χ3n) is 1.58. The van der Waals surface area contributed by atoms with Crippen LogP contribution in [0.5, 0.6) is 0 Å². The zero-order valence-corrected chi connectivity index (χ0v) is 7.91. The molecule has 0 aliphatic heterocycles. The molecule has 0 aromatic heterocycles. The third-order valence-corrected chi connectivity index (χ3v) is 2.00. The Balaban J connectivity index is 3.03. The molecule has 13 heavy (non-hydrogen) atoms. The van der Waals surface area contributed by atoms with Gasteiger partial charge in [-0.05, 0) is 19.1 Å². The normalized spacial score (nSPS) is 11.8. The summed E-state index contributed by atoms with van der Waals surface area (Å²) in [6, 6.07) is 3.46. The second-order valence-electron chi connectivity index (χ2n) is 2.79. The lowest BCUT2D eigenvalue weighted by atomic mass is 10.1. The standard InChI is InChI=1S/C10H9ClF2/c1-7(6-11)4-8-2-3-9(12)5-10(8)13/h2-5H,6H2,1H3/b7-4-. The highest BCUT2D eigenvalue weighted by Crippen LogP contribution is 2.13. The van der Waals surface area contributed by atoms with Gasteiger partial charge in [-0.3, -0.25) is 0 Å². The van der Waals surface area contributed by atoms with Crippen LogP contribution in [0.25, 0.3) is 6.08 Å². The highest BCUT2D eigenvalue weighted by atomic mass is 35.5. The average molecular weight is 203 g/mol. The van der Waals surface area contributed by atoms with Crippen LogP contribution >= 0.6 is 11.6 Å². The molecular formula is C10H9ClF2. The summed E-state index contributed by atoms with van der Waals surface area (Å²) in [6.45, 7) is 1.79. The maximum atomic E-state index is 13.0. The van der Waals surface area contributed by atoms with E-state index >= 15 is 0 Å². The van der Waals surface area contributed by atoms with E-state index < -0.39 is 11.6 Å². The Labute approximate surface area is 80.8 Å². The van der Waals surface area contributed by atoms with Crippen molar-refractivity contribution in [2.45, 2.75) is 6.92 Å². The first kappa shape index (κ1) is 10.2. The van der Waals surface area contributed by atoms with E-state index in [2.05, 4.69) is 0 Å². The summed E-state index contributed by atoms with van der Waals surface area (Å²) in [5.74, 6) is -0.792. The second kappa shape index (κ2) is 4.38. The first-order chi connectivity index (χ1) is 6.13. The van der Waals surface area contributed by atoms with E-state index in [-0.39, 0.29) is 0 Å². The highest BCUT2D eigenvalue weighted by molar-refractivity contribution is 6.19. The Bertz CT molecular complexity index is 332. The van der Waals surface area contributed by atoms with E-state index in [0.29, 0.717) is 11.4 Å². The summed E-state index contributed by atoms with van der Waals surface area (Å²) in [4.78, 5) is 0. The Kier molecular flexibility index (Phi) is 3.43. The number of allylic oxidation sites excluding steroid dienone is 1. The highest BCUT2D eigenvalue weighted by Gasteiger charge is 2.00. The Morgan fingerprint density at radius 1 is 1.46 bits per heavy atom. The predicted molar refractivity (Wildman–Crippen MR) is 50.7 cm³/mol. The molecule has 70 valence electrons. The van der Waals surface area contributed by atoms with Crippen LogP contribution in [0.2, 0.25) is 0 Å². The summed E-state index contributed by atoms with van der Waals surface area (Å²) in [6.07, 6.45) is 1.60. The average Bonchev–Trinajstić information content (AvgIpc) is 2.09. The van der Waals surface area contributed by atoms with Gasteiger partial charge in [-0.1, -0.05) is 11.6 Å². The number of alkyl halides is 1. The minimum absolute atomic E-state index is 0.344. The van der Waals surface area contributed by atoms with Gasteiger partial charge in [0, 0.05) is 17.5 Å². The second-order valence-corrected chi connectivity index (χ2v) is 3.06. The fourth-order valence-corrected chi connectivity index (χ4v) is 1.000. The Morgan fingerprint density at radius 3 is 2.69 bits per heavy atom. The number of rotatable bonds is 2. The van der Waals surface area contributed by atoms with Crippen molar-refractivity contribution in [1.29, 1.82) is 0 Å². The van der Waals surface area contributed by atoms with Gasteiger partial charge >= 0.3 is 0 Å². The Hall–Kier alpha value is -0.890. The molecule has 1 rings (SSSR count). The van der Waals surface area contributed by atoms with E-state index in [0.717, 1.165) is 11.6 Å². The van der Waals surface area contributed by atoms with Crippen molar-refractivity contribution >= 4 is 17.7 Å². The smallest absolute Gasteiger partial charge is 0.133 e. The van der Waals surface area contributed by atoms with Gasteiger partial charge in [0.25, 0.3) is 0 Å². The Morgan fingerprint density at radius 2 is 2.15 bits per heavy atom. The molecule has 0 radical (unpaired) electrons. The van der Waals surface area contributed by atoms with Gasteiger partial charge < -0.3 is 0 Å². The zero-order chi connectivity index (χ0) is 9.84. The van der Waals surface area contributed by atoms with Crippen molar-refractivity contribution in [1.82, 2.24) is 0 Å². The molecule has 0 amide bonds. The van der Waals surface area contributed by atoms with Crippen molar-refractivity contribution < 1.29 is 8.78 Å². The van der Waals surface area contributed by atoms with Crippen molar-refractivity contribution in [3.8, 4) is 0 Å². The van der Waals surface area contributed by atoms with Crippen LogP contribution in [-0.4, -0.2) is 5.88 Å². The maximum absolute atomic E-state index is 13.0. The van der Waals surface area contributed by atoms with Gasteiger partial charge in [-0.25, -0.2) is 8.78 Å². The van der Waals surface area contributed by atoms with Crippen molar-refractivity contribution in [2.75, 3.05) is 5.88 Å². The number of hydrogen-bond donors (Lipinski definition) is 0. The van der Waals surface area contributed by atoms with Gasteiger partial charge in [0.05, 0.1) is 0 Å². The third kappa shape index (κ3) is 2.81. The van der Waals surface area contributed by atoms with Crippen molar-refractivity contribution in [3.05, 3.63) is 41.0 Å². The van der Waals surface area contributed by atoms with Gasteiger partial charge in [0.1, 0.15) is 11.6 Å². The molecule has 0 saturated carbocycles. The van der Waals surface area contributed by atoms with Crippen LogP contribution in [0.1, 0.15) is 12.5 Å². The molecule has 0 atom stereocenters. The van der Waals surface area contributed by atoms with E-state index in [1.807, 2.05) is 0 Å². The van der Waals surface area contributed by atoms with Gasteiger partial charge in [-0.2, -0.15) is 0 Å². The lowest BCUT2D eigenvalue weighted by molar-refractivity contribution is 0.581. The molecule has 0 heterocycles.